The van der Waals surface area contributed by atoms with E-state index in [9.17, 15) is 4.79 Å². The molecule has 3 aromatic rings. The molecule has 4 heteroatoms. The molecule has 1 unspecified atom stereocenters. The number of amides is 1. The molecule has 0 spiro atoms. The summed E-state index contributed by atoms with van der Waals surface area (Å²) < 4.78 is 6.71. The molecule has 0 radical (unpaired) electrons. The summed E-state index contributed by atoms with van der Waals surface area (Å²) >= 11 is 0. The maximum atomic E-state index is 14.8. The minimum Gasteiger partial charge on any atom is -0.518 e. The van der Waals surface area contributed by atoms with Crippen LogP contribution in [0.5, 0.6) is 0 Å². The molecule has 0 bridgehead atoms. The van der Waals surface area contributed by atoms with Gasteiger partial charge in [0.2, 0.25) is 0 Å². The monoisotopic (exact) mass is 645 g/mol. The lowest BCUT2D eigenvalue weighted by molar-refractivity contribution is 0.213. The van der Waals surface area contributed by atoms with Crippen LogP contribution in [0, 0.1) is 5.92 Å². The highest BCUT2D eigenvalue weighted by atomic mass is 16.5. The second-order valence-corrected chi connectivity index (χ2v) is 16.4. The number of anilines is 1. The van der Waals surface area contributed by atoms with Gasteiger partial charge in [0, 0.05) is 11.1 Å². The van der Waals surface area contributed by atoms with Gasteiger partial charge >= 0.3 is 13.0 Å². The summed E-state index contributed by atoms with van der Waals surface area (Å²) in [5.74, 6) is 2.34. The van der Waals surface area contributed by atoms with E-state index in [4.69, 9.17) is 4.65 Å². The number of para-hydroxylation sites is 1. The van der Waals surface area contributed by atoms with Gasteiger partial charge in [0.05, 0.1) is 11.6 Å². The molecule has 6 rings (SSSR count). The first-order valence-corrected chi connectivity index (χ1v) is 19.5. The van der Waals surface area contributed by atoms with Crippen LogP contribution >= 0.6 is 0 Å². The second kappa shape index (κ2) is 14.9. The van der Waals surface area contributed by atoms with Crippen LogP contribution in [0.2, 0.25) is 5.82 Å². The second-order valence-electron chi connectivity index (χ2n) is 16.4. The summed E-state index contributed by atoms with van der Waals surface area (Å²) in [6, 6.07) is 20.6. The zero-order valence-corrected chi connectivity index (χ0v) is 31.1. The molecule has 3 nitrogen and oxygen atoms in total. The predicted octanol–water partition coefficient (Wildman–Crippen LogP) is 13.3. The molecule has 3 aliphatic rings. The Kier molecular flexibility index (Phi) is 10.8. The average molecular weight is 646 g/mol. The van der Waals surface area contributed by atoms with E-state index >= 15 is 0 Å². The Balaban J connectivity index is 1.70. The molecule has 48 heavy (non-hydrogen) atoms. The van der Waals surface area contributed by atoms with Crippen molar-refractivity contribution in [2.75, 3.05) is 4.90 Å². The molecular weight excluding hydrogens is 585 g/mol. The van der Waals surface area contributed by atoms with Crippen molar-refractivity contribution < 1.29 is 9.45 Å². The third-order valence-electron chi connectivity index (χ3n) is 11.9. The van der Waals surface area contributed by atoms with Crippen molar-refractivity contribution in [3.05, 3.63) is 76.9 Å². The lowest BCUT2D eigenvalue weighted by atomic mass is 9.44. The first-order valence-electron chi connectivity index (χ1n) is 19.5. The zero-order valence-electron chi connectivity index (χ0n) is 31.1. The normalized spacial score (nSPS) is 19.8. The molecule has 1 amide bonds. The van der Waals surface area contributed by atoms with Crippen LogP contribution in [0.3, 0.4) is 0 Å². The van der Waals surface area contributed by atoms with E-state index in [0.29, 0.717) is 35.4 Å². The van der Waals surface area contributed by atoms with Crippen LogP contribution in [0.25, 0.3) is 22.3 Å². The molecule has 2 saturated carbocycles. The number of hydrogen-bond acceptors (Lipinski definition) is 2. The highest BCUT2D eigenvalue weighted by Gasteiger charge is 2.54. The fraction of sp³-hybridized carbons (Fsp3) is 0.568. The molecule has 0 N–H and O–H groups in total. The standard InChI is InChI=1S/C44H60BNO2/c1-28(2)34-22-15-23-35(29(3)4)40(34)38-26-17-27-39(41-36(30(5)6)24-16-25-37(41)31(7)8)42(38)46-43(32-18-11-9-12-19-32)45(48-44(46)47)33-20-13-10-14-21-33/h15-17,22-33,43H,9-14,18-21H2,1-8H3. The Morgan fingerprint density at radius 2 is 0.979 bits per heavy atom. The fourth-order valence-electron chi connectivity index (χ4n) is 9.48. The third kappa shape index (κ3) is 6.62. The van der Waals surface area contributed by atoms with Gasteiger partial charge < -0.3 is 4.65 Å². The topological polar surface area (TPSA) is 29.5 Å². The molecule has 3 aromatic carbocycles. The van der Waals surface area contributed by atoms with E-state index < -0.39 is 0 Å². The van der Waals surface area contributed by atoms with E-state index in [2.05, 4.69) is 115 Å². The molecule has 1 atom stereocenters. The Morgan fingerprint density at radius 3 is 1.40 bits per heavy atom. The first-order chi connectivity index (χ1) is 23.1. The molecule has 0 aromatic heterocycles. The highest BCUT2D eigenvalue weighted by molar-refractivity contribution is 6.61. The van der Waals surface area contributed by atoms with Gasteiger partial charge in [-0.3, -0.25) is 4.90 Å². The van der Waals surface area contributed by atoms with Crippen molar-refractivity contribution in [3.8, 4) is 22.3 Å². The van der Waals surface area contributed by atoms with Gasteiger partial charge in [-0.1, -0.05) is 161 Å². The smallest absolute Gasteiger partial charge is 0.396 e. The summed E-state index contributed by atoms with van der Waals surface area (Å²) in [5.41, 5.74) is 11.5. The van der Waals surface area contributed by atoms with Crippen molar-refractivity contribution in [2.45, 2.75) is 155 Å². The molecule has 1 aliphatic heterocycles. The maximum absolute atomic E-state index is 14.8. The summed E-state index contributed by atoms with van der Waals surface area (Å²) in [4.78, 5) is 17.1. The largest absolute Gasteiger partial charge is 0.518 e. The number of carbonyl (C=O) groups excluding carboxylic acids is 1. The minimum absolute atomic E-state index is 0.0448. The number of benzene rings is 3. The molecule has 1 saturated heterocycles. The lowest BCUT2D eigenvalue weighted by Gasteiger charge is -2.38. The maximum Gasteiger partial charge on any atom is 0.396 e. The van der Waals surface area contributed by atoms with Gasteiger partial charge in [-0.15, -0.1) is 0 Å². The van der Waals surface area contributed by atoms with Crippen molar-refractivity contribution in [1.82, 2.24) is 0 Å². The lowest BCUT2D eigenvalue weighted by Crippen LogP contribution is -2.48. The fourth-order valence-corrected chi connectivity index (χ4v) is 9.48. The summed E-state index contributed by atoms with van der Waals surface area (Å²) in [7, 11) is 0. The molecule has 256 valence electrons. The Bertz CT molecular complexity index is 1440. The Morgan fingerprint density at radius 1 is 0.583 bits per heavy atom. The Hall–Kier alpha value is -3.01. The number of rotatable bonds is 9. The highest BCUT2D eigenvalue weighted by Crippen LogP contribution is 2.52. The van der Waals surface area contributed by atoms with E-state index in [-0.39, 0.29) is 19.0 Å². The molecule has 2 aliphatic carbocycles. The Labute approximate surface area is 292 Å². The predicted molar refractivity (Wildman–Crippen MR) is 206 cm³/mol. The van der Waals surface area contributed by atoms with Crippen LogP contribution in [0.1, 0.15) is 166 Å². The molecule has 1 heterocycles. The van der Waals surface area contributed by atoms with Crippen LogP contribution in [0.4, 0.5) is 10.5 Å². The third-order valence-corrected chi connectivity index (χ3v) is 11.9. The van der Waals surface area contributed by atoms with E-state index in [0.717, 1.165) is 5.69 Å². The summed E-state index contributed by atoms with van der Waals surface area (Å²) in [6.07, 6.45) is 12.2. The van der Waals surface area contributed by atoms with Crippen molar-refractivity contribution in [1.29, 1.82) is 0 Å². The van der Waals surface area contributed by atoms with Crippen LogP contribution in [-0.4, -0.2) is 19.0 Å². The quantitative estimate of drug-likeness (QED) is 0.217. The van der Waals surface area contributed by atoms with Crippen molar-refractivity contribution in [3.63, 3.8) is 0 Å². The first kappa shape index (κ1) is 34.8. The summed E-state index contributed by atoms with van der Waals surface area (Å²) in [6.45, 7) is 18.4. The van der Waals surface area contributed by atoms with Gasteiger partial charge in [-0.25, -0.2) is 4.79 Å². The number of hydrogen-bond donors (Lipinski definition) is 0. The van der Waals surface area contributed by atoms with Gasteiger partial charge in [0.25, 0.3) is 0 Å². The van der Waals surface area contributed by atoms with Gasteiger partial charge in [-0.05, 0) is 81.6 Å². The van der Waals surface area contributed by atoms with E-state index in [1.165, 1.54) is 109 Å². The van der Waals surface area contributed by atoms with Crippen molar-refractivity contribution >= 4 is 18.7 Å². The van der Waals surface area contributed by atoms with Crippen LogP contribution < -0.4 is 4.90 Å². The summed E-state index contributed by atoms with van der Waals surface area (Å²) in [5, 5.41) is 0. The minimum atomic E-state index is -0.129. The van der Waals surface area contributed by atoms with Gasteiger partial charge in [-0.2, -0.15) is 0 Å². The molecular formula is C44H60BNO2. The SMILES string of the molecule is CC(C)c1cccc(C(C)C)c1-c1cccc(-c2c(C(C)C)cccc2C(C)C)c1N1C(=O)OB(C2CCCCC2)C1C1CCCCC1. The van der Waals surface area contributed by atoms with Crippen LogP contribution in [0.15, 0.2) is 54.6 Å². The zero-order chi connectivity index (χ0) is 34.1. The van der Waals surface area contributed by atoms with E-state index in [1.54, 1.807) is 0 Å². The van der Waals surface area contributed by atoms with Crippen LogP contribution in [-0.2, 0) is 4.65 Å². The van der Waals surface area contributed by atoms with E-state index in [1.807, 2.05) is 0 Å². The average Bonchev–Trinajstić information content (AvgIpc) is 3.44. The number of nitrogens with zero attached hydrogens (tertiary/aromatic N) is 1. The van der Waals surface area contributed by atoms with Gasteiger partial charge in [0.1, 0.15) is 0 Å². The van der Waals surface area contributed by atoms with Crippen molar-refractivity contribution in [2.24, 2.45) is 5.92 Å². The van der Waals surface area contributed by atoms with Gasteiger partial charge in [0.15, 0.2) is 0 Å². The number of carbonyl (C=O) groups is 1. The molecule has 3 fully saturated rings.